The van der Waals surface area contributed by atoms with E-state index in [0.29, 0.717) is 12.1 Å². The van der Waals surface area contributed by atoms with Gasteiger partial charge in [-0.25, -0.2) is 0 Å². The van der Waals surface area contributed by atoms with Gasteiger partial charge in [0.25, 0.3) is 0 Å². The molecule has 1 nitrogen and oxygen atoms in total. The Kier molecular flexibility index (Phi) is 2.38. The zero-order valence-corrected chi connectivity index (χ0v) is 7.83. The highest BCUT2D eigenvalue weighted by Gasteiger charge is 2.15. The predicted molar refractivity (Wildman–Crippen MR) is 49.3 cm³/mol. The monoisotopic (exact) mass is 151 g/mol. The standard InChI is InChI=1S/C10H17N/c1-8(2)11-7-5-6-9(3)10(11)4/h5-8,10H,1-4H3/t10-/m0/s1. The van der Waals surface area contributed by atoms with E-state index >= 15 is 0 Å². The predicted octanol–water partition coefficient (Wildman–Crippen LogP) is 2.56. The van der Waals surface area contributed by atoms with Crippen molar-refractivity contribution in [3.8, 4) is 0 Å². The van der Waals surface area contributed by atoms with Gasteiger partial charge in [-0.3, -0.25) is 0 Å². The molecule has 0 fully saturated rings. The first-order valence-corrected chi connectivity index (χ1v) is 4.25. The highest BCUT2D eigenvalue weighted by atomic mass is 15.2. The van der Waals surface area contributed by atoms with Crippen molar-refractivity contribution in [2.45, 2.75) is 39.8 Å². The zero-order chi connectivity index (χ0) is 8.43. The second kappa shape index (κ2) is 3.12. The molecule has 1 aliphatic rings. The van der Waals surface area contributed by atoms with Crippen LogP contribution in [-0.4, -0.2) is 17.0 Å². The second-order valence-corrected chi connectivity index (χ2v) is 3.47. The maximum atomic E-state index is 2.37. The van der Waals surface area contributed by atoms with Crippen LogP contribution in [0.1, 0.15) is 27.7 Å². The minimum Gasteiger partial charge on any atom is -0.369 e. The van der Waals surface area contributed by atoms with Gasteiger partial charge in [-0.1, -0.05) is 11.6 Å². The van der Waals surface area contributed by atoms with Crippen LogP contribution >= 0.6 is 0 Å². The number of rotatable bonds is 1. The molecule has 0 radical (unpaired) electrons. The molecular weight excluding hydrogens is 134 g/mol. The summed E-state index contributed by atoms with van der Waals surface area (Å²) in [6.07, 6.45) is 6.47. The van der Waals surface area contributed by atoms with Crippen LogP contribution in [0.4, 0.5) is 0 Å². The molecule has 0 aromatic carbocycles. The molecule has 11 heavy (non-hydrogen) atoms. The zero-order valence-electron chi connectivity index (χ0n) is 7.83. The molecule has 0 aromatic heterocycles. The first kappa shape index (κ1) is 8.38. The van der Waals surface area contributed by atoms with Crippen molar-refractivity contribution in [2.75, 3.05) is 0 Å². The summed E-state index contributed by atoms with van der Waals surface area (Å²) in [5, 5.41) is 0. The van der Waals surface area contributed by atoms with Crippen LogP contribution in [0.2, 0.25) is 0 Å². The average Bonchev–Trinajstić information content (AvgIpc) is 1.94. The molecule has 1 aliphatic heterocycles. The summed E-state index contributed by atoms with van der Waals surface area (Å²) >= 11 is 0. The fraction of sp³-hybridized carbons (Fsp3) is 0.600. The van der Waals surface area contributed by atoms with Gasteiger partial charge in [-0.05, 0) is 40.0 Å². The molecule has 1 heteroatoms. The van der Waals surface area contributed by atoms with Crippen molar-refractivity contribution in [2.24, 2.45) is 0 Å². The third-order valence-electron chi connectivity index (χ3n) is 2.32. The van der Waals surface area contributed by atoms with Gasteiger partial charge in [-0.15, -0.1) is 0 Å². The fourth-order valence-electron chi connectivity index (χ4n) is 1.42. The largest absolute Gasteiger partial charge is 0.369 e. The van der Waals surface area contributed by atoms with Gasteiger partial charge in [0, 0.05) is 12.1 Å². The van der Waals surface area contributed by atoms with E-state index in [2.05, 4.69) is 50.9 Å². The van der Waals surface area contributed by atoms with Gasteiger partial charge in [0.05, 0.1) is 0 Å². The van der Waals surface area contributed by atoms with Crippen LogP contribution in [0, 0.1) is 0 Å². The second-order valence-electron chi connectivity index (χ2n) is 3.47. The normalized spacial score (nSPS) is 24.3. The topological polar surface area (TPSA) is 3.24 Å². The van der Waals surface area contributed by atoms with Crippen molar-refractivity contribution in [3.63, 3.8) is 0 Å². The van der Waals surface area contributed by atoms with Gasteiger partial charge in [0.1, 0.15) is 0 Å². The Morgan fingerprint density at radius 2 is 2.09 bits per heavy atom. The van der Waals surface area contributed by atoms with Gasteiger partial charge in [0.15, 0.2) is 0 Å². The van der Waals surface area contributed by atoms with Crippen LogP contribution in [0.3, 0.4) is 0 Å². The maximum Gasteiger partial charge on any atom is 0.0471 e. The Morgan fingerprint density at radius 1 is 1.45 bits per heavy atom. The van der Waals surface area contributed by atoms with Gasteiger partial charge < -0.3 is 4.90 Å². The van der Waals surface area contributed by atoms with Crippen LogP contribution in [0.15, 0.2) is 23.9 Å². The summed E-state index contributed by atoms with van der Waals surface area (Å²) in [5.41, 5.74) is 1.45. The molecule has 0 unspecified atom stereocenters. The molecule has 62 valence electrons. The lowest BCUT2D eigenvalue weighted by atomic mass is 10.1. The molecule has 0 N–H and O–H groups in total. The molecular formula is C10H17N. The minimum atomic E-state index is 0.569. The van der Waals surface area contributed by atoms with Crippen molar-refractivity contribution in [1.29, 1.82) is 0 Å². The molecule has 0 saturated heterocycles. The number of allylic oxidation sites excluding steroid dienone is 2. The fourth-order valence-corrected chi connectivity index (χ4v) is 1.42. The van der Waals surface area contributed by atoms with E-state index < -0.39 is 0 Å². The van der Waals surface area contributed by atoms with E-state index in [4.69, 9.17) is 0 Å². The van der Waals surface area contributed by atoms with E-state index in [-0.39, 0.29) is 0 Å². The third kappa shape index (κ3) is 1.65. The van der Waals surface area contributed by atoms with E-state index in [0.717, 1.165) is 0 Å². The van der Waals surface area contributed by atoms with E-state index in [1.165, 1.54) is 5.57 Å². The molecule has 0 aromatic rings. The molecule has 1 rings (SSSR count). The summed E-state index contributed by atoms with van der Waals surface area (Å²) < 4.78 is 0. The Hall–Kier alpha value is -0.720. The number of hydrogen-bond acceptors (Lipinski definition) is 1. The Bertz CT molecular complexity index is 189. The highest BCUT2D eigenvalue weighted by Crippen LogP contribution is 2.17. The molecule has 0 amide bonds. The van der Waals surface area contributed by atoms with E-state index in [9.17, 15) is 0 Å². The SMILES string of the molecule is CC1=CC=CN(C(C)C)[C@H]1C. The van der Waals surface area contributed by atoms with Gasteiger partial charge in [-0.2, -0.15) is 0 Å². The molecule has 0 bridgehead atoms. The first-order chi connectivity index (χ1) is 5.13. The van der Waals surface area contributed by atoms with Crippen molar-refractivity contribution >= 4 is 0 Å². The Balaban J connectivity index is 2.73. The summed E-state index contributed by atoms with van der Waals surface area (Å²) in [6, 6.07) is 1.17. The van der Waals surface area contributed by atoms with Crippen LogP contribution in [-0.2, 0) is 0 Å². The van der Waals surface area contributed by atoms with Gasteiger partial charge >= 0.3 is 0 Å². The smallest absolute Gasteiger partial charge is 0.0471 e. The van der Waals surface area contributed by atoms with E-state index in [1.807, 2.05) is 0 Å². The quantitative estimate of drug-likeness (QED) is 0.556. The first-order valence-electron chi connectivity index (χ1n) is 4.25. The van der Waals surface area contributed by atoms with Crippen molar-refractivity contribution in [1.82, 2.24) is 4.90 Å². The van der Waals surface area contributed by atoms with Crippen LogP contribution < -0.4 is 0 Å². The molecule has 0 aliphatic carbocycles. The molecule has 1 atom stereocenters. The molecule has 0 saturated carbocycles. The van der Waals surface area contributed by atoms with Crippen molar-refractivity contribution in [3.05, 3.63) is 23.9 Å². The number of nitrogens with zero attached hydrogens (tertiary/aromatic N) is 1. The third-order valence-corrected chi connectivity index (χ3v) is 2.32. The summed E-state index contributed by atoms with van der Waals surface area (Å²) in [5.74, 6) is 0. The average molecular weight is 151 g/mol. The number of hydrogen-bond donors (Lipinski definition) is 0. The molecule has 1 heterocycles. The van der Waals surface area contributed by atoms with Crippen molar-refractivity contribution < 1.29 is 0 Å². The van der Waals surface area contributed by atoms with Gasteiger partial charge in [0.2, 0.25) is 0 Å². The summed E-state index contributed by atoms with van der Waals surface area (Å²) in [6.45, 7) is 8.87. The highest BCUT2D eigenvalue weighted by molar-refractivity contribution is 5.21. The Morgan fingerprint density at radius 3 is 2.55 bits per heavy atom. The lowest BCUT2D eigenvalue weighted by Gasteiger charge is -2.34. The summed E-state index contributed by atoms with van der Waals surface area (Å²) in [7, 11) is 0. The van der Waals surface area contributed by atoms with E-state index in [1.54, 1.807) is 0 Å². The maximum absolute atomic E-state index is 2.37. The van der Waals surface area contributed by atoms with Crippen LogP contribution in [0.5, 0.6) is 0 Å². The lowest BCUT2D eigenvalue weighted by Crippen LogP contribution is -2.36. The lowest BCUT2D eigenvalue weighted by molar-refractivity contribution is 0.264. The Labute approximate surface area is 69.4 Å². The summed E-state index contributed by atoms with van der Waals surface area (Å²) in [4.78, 5) is 2.37. The molecule has 0 spiro atoms. The van der Waals surface area contributed by atoms with Crippen LogP contribution in [0.25, 0.3) is 0 Å². The minimum absolute atomic E-state index is 0.569.